The van der Waals surface area contributed by atoms with Crippen molar-refractivity contribution in [3.63, 3.8) is 0 Å². The van der Waals surface area contributed by atoms with E-state index in [9.17, 15) is 4.79 Å². The molecule has 31 heavy (non-hydrogen) atoms. The van der Waals surface area contributed by atoms with Crippen LogP contribution in [0.1, 0.15) is 34.0 Å². The lowest BCUT2D eigenvalue weighted by Crippen LogP contribution is -2.05. The van der Waals surface area contributed by atoms with E-state index in [1.165, 1.54) is 28.5 Å². The van der Waals surface area contributed by atoms with Gasteiger partial charge < -0.3 is 0 Å². The molecule has 3 aromatic carbocycles. The van der Waals surface area contributed by atoms with Crippen LogP contribution in [-0.4, -0.2) is 26.3 Å². The van der Waals surface area contributed by atoms with Gasteiger partial charge in [-0.15, -0.1) is 10.2 Å². The van der Waals surface area contributed by atoms with Gasteiger partial charge in [-0.25, -0.2) is 0 Å². The zero-order valence-electron chi connectivity index (χ0n) is 18.0. The van der Waals surface area contributed by atoms with Crippen molar-refractivity contribution in [2.24, 2.45) is 0 Å². The third-order valence-corrected chi connectivity index (χ3v) is 6.36. The van der Waals surface area contributed by atoms with Gasteiger partial charge in [0.1, 0.15) is 0 Å². The van der Waals surface area contributed by atoms with E-state index < -0.39 is 0 Å². The maximum Gasteiger partial charge on any atom is 0.196 e. The Bertz CT molecular complexity index is 1200. The molecule has 156 valence electrons. The van der Waals surface area contributed by atoms with Gasteiger partial charge in [0, 0.05) is 11.1 Å². The maximum absolute atomic E-state index is 12.8. The standard InChI is InChI=1S/C26H25N3OS/c1-4-20-11-13-21(14-12-20)24(30)17-31-26-28-27-25(22-8-6-5-7-9-22)29(26)23-15-10-18(2)19(3)16-23/h5-16H,4,17H2,1-3H3. The Morgan fingerprint density at radius 3 is 2.32 bits per heavy atom. The maximum atomic E-state index is 12.8. The Morgan fingerprint density at radius 2 is 1.65 bits per heavy atom. The molecule has 0 atom stereocenters. The highest BCUT2D eigenvalue weighted by atomic mass is 32.2. The van der Waals surface area contributed by atoms with E-state index >= 15 is 0 Å². The van der Waals surface area contributed by atoms with E-state index in [4.69, 9.17) is 0 Å². The fourth-order valence-electron chi connectivity index (χ4n) is 3.37. The first-order valence-electron chi connectivity index (χ1n) is 10.4. The molecule has 0 amide bonds. The van der Waals surface area contributed by atoms with Crippen molar-refractivity contribution in [2.45, 2.75) is 32.3 Å². The van der Waals surface area contributed by atoms with E-state index in [0.717, 1.165) is 29.1 Å². The number of rotatable bonds is 7. The molecule has 1 aromatic heterocycles. The lowest BCUT2D eigenvalue weighted by Gasteiger charge is -2.12. The molecule has 0 N–H and O–H groups in total. The highest BCUT2D eigenvalue weighted by molar-refractivity contribution is 7.99. The van der Waals surface area contributed by atoms with Crippen LogP contribution in [0.3, 0.4) is 0 Å². The second-order valence-electron chi connectivity index (χ2n) is 7.54. The number of carbonyl (C=O) groups is 1. The molecule has 0 unspecified atom stereocenters. The summed E-state index contributed by atoms with van der Waals surface area (Å²) in [6.45, 7) is 6.31. The molecule has 0 aliphatic rings. The van der Waals surface area contributed by atoms with Crippen molar-refractivity contribution >= 4 is 17.5 Å². The minimum absolute atomic E-state index is 0.0866. The summed E-state index contributed by atoms with van der Waals surface area (Å²) >= 11 is 1.42. The number of hydrogen-bond donors (Lipinski definition) is 0. The van der Waals surface area contributed by atoms with Crippen LogP contribution >= 0.6 is 11.8 Å². The molecule has 5 heteroatoms. The third kappa shape index (κ3) is 4.62. The average Bonchev–Trinajstić information content (AvgIpc) is 3.24. The Morgan fingerprint density at radius 1 is 0.903 bits per heavy atom. The minimum atomic E-state index is 0.0866. The summed E-state index contributed by atoms with van der Waals surface area (Å²) in [6, 6.07) is 24.2. The lowest BCUT2D eigenvalue weighted by molar-refractivity contribution is 0.102. The molecular weight excluding hydrogens is 402 g/mol. The van der Waals surface area contributed by atoms with Gasteiger partial charge in [0.25, 0.3) is 0 Å². The largest absolute Gasteiger partial charge is 0.293 e. The van der Waals surface area contributed by atoms with Crippen molar-refractivity contribution in [1.29, 1.82) is 0 Å². The van der Waals surface area contributed by atoms with Gasteiger partial charge in [-0.05, 0) is 49.1 Å². The molecule has 0 saturated heterocycles. The van der Waals surface area contributed by atoms with Crippen molar-refractivity contribution in [3.8, 4) is 17.1 Å². The molecule has 4 rings (SSSR count). The summed E-state index contributed by atoms with van der Waals surface area (Å²) in [5.41, 5.74) is 6.37. The lowest BCUT2D eigenvalue weighted by atomic mass is 10.1. The first-order chi connectivity index (χ1) is 15.1. The van der Waals surface area contributed by atoms with Gasteiger partial charge in [-0.3, -0.25) is 9.36 Å². The van der Waals surface area contributed by atoms with Crippen LogP contribution in [0, 0.1) is 13.8 Å². The molecule has 0 spiro atoms. The number of carbonyl (C=O) groups excluding carboxylic acids is 1. The topological polar surface area (TPSA) is 47.8 Å². The molecule has 0 aliphatic carbocycles. The number of aryl methyl sites for hydroxylation is 3. The number of benzene rings is 3. The number of Topliss-reactive ketones (excluding diaryl/α,β-unsaturated/α-hetero) is 1. The second kappa shape index (κ2) is 9.31. The van der Waals surface area contributed by atoms with Gasteiger partial charge >= 0.3 is 0 Å². The zero-order valence-corrected chi connectivity index (χ0v) is 18.8. The predicted octanol–water partition coefficient (Wildman–Crippen LogP) is 6.09. The van der Waals surface area contributed by atoms with Gasteiger partial charge in [0.05, 0.1) is 11.4 Å². The normalized spacial score (nSPS) is 10.9. The van der Waals surface area contributed by atoms with E-state index in [-0.39, 0.29) is 5.78 Å². The van der Waals surface area contributed by atoms with E-state index in [0.29, 0.717) is 10.9 Å². The highest BCUT2D eigenvalue weighted by Crippen LogP contribution is 2.29. The molecule has 0 bridgehead atoms. The summed E-state index contributed by atoms with van der Waals surface area (Å²) in [4.78, 5) is 12.8. The molecule has 4 nitrogen and oxygen atoms in total. The van der Waals surface area contributed by atoms with Gasteiger partial charge in [-0.2, -0.15) is 0 Å². The first-order valence-corrected chi connectivity index (χ1v) is 11.4. The van der Waals surface area contributed by atoms with E-state index in [2.05, 4.69) is 49.2 Å². The molecule has 4 aromatic rings. The Labute approximate surface area is 187 Å². The predicted molar refractivity (Wildman–Crippen MR) is 127 cm³/mol. The van der Waals surface area contributed by atoms with Crippen LogP contribution in [-0.2, 0) is 6.42 Å². The van der Waals surface area contributed by atoms with Crippen LogP contribution in [0.5, 0.6) is 0 Å². The SMILES string of the molecule is CCc1ccc(C(=O)CSc2nnc(-c3ccccc3)n2-c2ccc(C)c(C)c2)cc1. The summed E-state index contributed by atoms with van der Waals surface area (Å²) in [5, 5.41) is 9.62. The molecule has 0 radical (unpaired) electrons. The Kier molecular flexibility index (Phi) is 6.33. The van der Waals surface area contributed by atoms with Crippen molar-refractivity contribution in [3.05, 3.63) is 95.1 Å². The highest BCUT2D eigenvalue weighted by Gasteiger charge is 2.18. The smallest absolute Gasteiger partial charge is 0.196 e. The monoisotopic (exact) mass is 427 g/mol. The summed E-state index contributed by atoms with van der Waals surface area (Å²) < 4.78 is 2.04. The zero-order chi connectivity index (χ0) is 21.8. The third-order valence-electron chi connectivity index (χ3n) is 5.43. The number of hydrogen-bond acceptors (Lipinski definition) is 4. The van der Waals surface area contributed by atoms with Crippen molar-refractivity contribution < 1.29 is 4.79 Å². The average molecular weight is 428 g/mol. The van der Waals surface area contributed by atoms with Crippen LogP contribution in [0.15, 0.2) is 78.0 Å². The molecule has 0 aliphatic heterocycles. The van der Waals surface area contributed by atoms with E-state index in [1.807, 2.05) is 59.2 Å². The summed E-state index contributed by atoms with van der Waals surface area (Å²) in [6.07, 6.45) is 0.963. The van der Waals surface area contributed by atoms with Crippen LogP contribution in [0.25, 0.3) is 17.1 Å². The minimum Gasteiger partial charge on any atom is -0.293 e. The first kappa shape index (κ1) is 21.1. The molecule has 1 heterocycles. The number of ketones is 1. The number of thioether (sulfide) groups is 1. The van der Waals surface area contributed by atoms with Gasteiger partial charge in [0.2, 0.25) is 0 Å². The number of nitrogens with zero attached hydrogens (tertiary/aromatic N) is 3. The van der Waals surface area contributed by atoms with Gasteiger partial charge in [0.15, 0.2) is 16.8 Å². The van der Waals surface area contributed by atoms with Crippen molar-refractivity contribution in [2.75, 3.05) is 5.75 Å². The second-order valence-corrected chi connectivity index (χ2v) is 8.48. The fourth-order valence-corrected chi connectivity index (χ4v) is 4.22. The van der Waals surface area contributed by atoms with E-state index in [1.54, 1.807) is 0 Å². The van der Waals surface area contributed by atoms with Crippen molar-refractivity contribution in [1.82, 2.24) is 14.8 Å². The van der Waals surface area contributed by atoms with Gasteiger partial charge in [-0.1, -0.05) is 79.3 Å². The summed E-state index contributed by atoms with van der Waals surface area (Å²) in [5.74, 6) is 1.16. The quantitative estimate of drug-likeness (QED) is 0.265. The summed E-state index contributed by atoms with van der Waals surface area (Å²) in [7, 11) is 0. The van der Waals surface area contributed by atoms with Crippen LogP contribution in [0.4, 0.5) is 0 Å². The Balaban J connectivity index is 1.66. The molecule has 0 fully saturated rings. The molecule has 0 saturated carbocycles. The van der Waals surface area contributed by atoms with Crippen LogP contribution in [0.2, 0.25) is 0 Å². The fraction of sp³-hybridized carbons (Fsp3) is 0.192. The Hall–Kier alpha value is -3.18. The number of aromatic nitrogens is 3. The molecular formula is C26H25N3OS. The van der Waals surface area contributed by atoms with Crippen LogP contribution < -0.4 is 0 Å².